The van der Waals surface area contributed by atoms with Crippen molar-refractivity contribution in [2.24, 2.45) is 0 Å². The number of anilines is 1. The van der Waals surface area contributed by atoms with Crippen LogP contribution >= 0.6 is 11.6 Å². The van der Waals surface area contributed by atoms with Gasteiger partial charge in [0.05, 0.1) is 13.2 Å². The summed E-state index contributed by atoms with van der Waals surface area (Å²) in [5, 5.41) is 0.666. The second kappa shape index (κ2) is 7.95. The van der Waals surface area contributed by atoms with Gasteiger partial charge in [0.15, 0.2) is 0 Å². The zero-order valence-electron chi connectivity index (χ0n) is 15.5. The second-order valence-electron chi connectivity index (χ2n) is 6.64. The van der Waals surface area contributed by atoms with Crippen LogP contribution in [0.1, 0.15) is 24.4 Å². The minimum atomic E-state index is 0.00522. The number of methoxy groups -OCH3 is 1. The molecule has 142 valence electrons. The molecule has 0 N–H and O–H groups in total. The molecule has 1 aliphatic rings. The van der Waals surface area contributed by atoms with Crippen LogP contribution in [0.4, 0.5) is 5.69 Å². The molecule has 0 bridgehead atoms. The number of ether oxygens (including phenoxy) is 2. The maximum atomic E-state index is 12.6. The van der Waals surface area contributed by atoms with Crippen LogP contribution in [0.25, 0.3) is 0 Å². The number of carbonyl (C=O) groups excluding carboxylic acids is 1. The number of carbonyl (C=O) groups is 1. The maximum absolute atomic E-state index is 12.6. The Morgan fingerprint density at radius 2 is 1.61 bits per heavy atom. The minimum Gasteiger partial charge on any atom is -0.497 e. The van der Waals surface area contributed by atoms with Gasteiger partial charge in [-0.2, -0.15) is 0 Å². The lowest BCUT2D eigenvalue weighted by Crippen LogP contribution is -2.27. The molecule has 3 aromatic rings. The Kier molecular flexibility index (Phi) is 5.22. The van der Waals surface area contributed by atoms with Crippen LogP contribution in [-0.4, -0.2) is 13.0 Å². The number of nitrogens with zero attached hydrogens (tertiary/aromatic N) is 1. The zero-order chi connectivity index (χ0) is 19.5. The molecule has 1 amide bonds. The summed E-state index contributed by atoms with van der Waals surface area (Å²) in [6, 6.07) is 22.7. The van der Waals surface area contributed by atoms with E-state index in [1.54, 1.807) is 19.2 Å². The molecule has 0 radical (unpaired) electrons. The third-order valence-corrected chi connectivity index (χ3v) is 5.11. The Morgan fingerprint density at radius 1 is 0.929 bits per heavy atom. The van der Waals surface area contributed by atoms with Crippen molar-refractivity contribution in [3.8, 4) is 17.2 Å². The largest absolute Gasteiger partial charge is 0.497 e. The highest BCUT2D eigenvalue weighted by molar-refractivity contribution is 6.30. The number of hydrogen-bond acceptors (Lipinski definition) is 3. The number of rotatable bonds is 5. The molecule has 0 saturated carbocycles. The van der Waals surface area contributed by atoms with Crippen molar-refractivity contribution < 1.29 is 14.3 Å². The van der Waals surface area contributed by atoms with E-state index in [4.69, 9.17) is 21.1 Å². The molecule has 1 atom stereocenters. The summed E-state index contributed by atoms with van der Waals surface area (Å²) >= 11 is 5.90. The first-order chi connectivity index (χ1) is 13.6. The van der Waals surface area contributed by atoms with E-state index in [9.17, 15) is 4.79 Å². The van der Waals surface area contributed by atoms with Crippen molar-refractivity contribution in [2.45, 2.75) is 18.9 Å². The fourth-order valence-electron chi connectivity index (χ4n) is 3.49. The third-order valence-electron chi connectivity index (χ3n) is 4.85. The normalized spacial score (nSPS) is 16.3. The van der Waals surface area contributed by atoms with Gasteiger partial charge >= 0.3 is 0 Å². The Hall–Kier alpha value is -2.98. The molecular weight excluding hydrogens is 374 g/mol. The summed E-state index contributed by atoms with van der Waals surface area (Å²) in [7, 11) is 1.65. The van der Waals surface area contributed by atoms with Crippen molar-refractivity contribution in [1.29, 1.82) is 0 Å². The Balaban J connectivity index is 1.56. The fraction of sp³-hybridized carbons (Fsp3) is 0.174. The number of hydrogen-bond donors (Lipinski definition) is 0. The predicted octanol–water partition coefficient (Wildman–Crippen LogP) is 6.01. The van der Waals surface area contributed by atoms with Gasteiger partial charge in [0, 0.05) is 17.1 Å². The van der Waals surface area contributed by atoms with E-state index < -0.39 is 0 Å². The summed E-state index contributed by atoms with van der Waals surface area (Å²) in [6.45, 7) is 0. The lowest BCUT2D eigenvalue weighted by atomic mass is 10.0. The Labute approximate surface area is 169 Å². The Morgan fingerprint density at radius 3 is 2.29 bits per heavy atom. The molecule has 0 aliphatic carbocycles. The highest BCUT2D eigenvalue weighted by Gasteiger charge is 2.33. The lowest BCUT2D eigenvalue weighted by Gasteiger charge is -2.25. The molecule has 4 nitrogen and oxygen atoms in total. The molecule has 1 heterocycles. The van der Waals surface area contributed by atoms with Gasteiger partial charge in [-0.1, -0.05) is 23.7 Å². The SMILES string of the molecule is COc1cccc(C2CCC(=O)N2c2ccc(Oc3ccc(Cl)cc3)cc2)c1. The molecular formula is C23H20ClNO3. The molecule has 0 aromatic heterocycles. The van der Waals surface area contributed by atoms with Crippen LogP contribution in [0.2, 0.25) is 5.02 Å². The monoisotopic (exact) mass is 393 g/mol. The topological polar surface area (TPSA) is 38.8 Å². The van der Waals surface area contributed by atoms with Crippen molar-refractivity contribution in [3.63, 3.8) is 0 Å². The molecule has 4 rings (SSSR count). The van der Waals surface area contributed by atoms with E-state index >= 15 is 0 Å². The average Bonchev–Trinajstić information content (AvgIpc) is 3.12. The predicted molar refractivity (Wildman–Crippen MR) is 110 cm³/mol. The molecule has 0 spiro atoms. The summed E-state index contributed by atoms with van der Waals surface area (Å²) in [5.74, 6) is 2.34. The first-order valence-electron chi connectivity index (χ1n) is 9.13. The van der Waals surface area contributed by atoms with Crippen LogP contribution in [0.3, 0.4) is 0 Å². The standard InChI is InChI=1S/C23H20ClNO3/c1-27-21-4-2-3-16(15-21)22-13-14-23(26)25(22)18-7-11-20(12-8-18)28-19-9-5-17(24)6-10-19/h2-12,15,22H,13-14H2,1H3. The first kappa shape index (κ1) is 18.4. The van der Waals surface area contributed by atoms with Crippen molar-refractivity contribution >= 4 is 23.2 Å². The van der Waals surface area contributed by atoms with Gasteiger partial charge in [0.1, 0.15) is 17.2 Å². The van der Waals surface area contributed by atoms with Gasteiger partial charge < -0.3 is 14.4 Å². The van der Waals surface area contributed by atoms with Crippen LogP contribution in [0, 0.1) is 0 Å². The van der Waals surface area contributed by atoms with Gasteiger partial charge in [0.25, 0.3) is 0 Å². The van der Waals surface area contributed by atoms with Crippen LogP contribution < -0.4 is 14.4 Å². The zero-order valence-corrected chi connectivity index (χ0v) is 16.2. The molecule has 1 aliphatic heterocycles. The molecule has 1 fully saturated rings. The van der Waals surface area contributed by atoms with Crippen molar-refractivity contribution in [1.82, 2.24) is 0 Å². The number of benzene rings is 3. The van der Waals surface area contributed by atoms with Crippen molar-refractivity contribution in [3.05, 3.63) is 83.4 Å². The summed E-state index contributed by atoms with van der Waals surface area (Å²) < 4.78 is 11.2. The van der Waals surface area contributed by atoms with E-state index in [2.05, 4.69) is 0 Å². The average molecular weight is 394 g/mol. The molecule has 3 aromatic carbocycles. The smallest absolute Gasteiger partial charge is 0.227 e. The van der Waals surface area contributed by atoms with Crippen LogP contribution in [-0.2, 0) is 4.79 Å². The minimum absolute atomic E-state index is 0.00522. The van der Waals surface area contributed by atoms with E-state index in [1.807, 2.05) is 65.6 Å². The second-order valence-corrected chi connectivity index (χ2v) is 7.08. The van der Waals surface area contributed by atoms with E-state index in [0.717, 1.165) is 23.4 Å². The van der Waals surface area contributed by atoms with Gasteiger partial charge in [-0.05, 0) is 72.6 Å². The van der Waals surface area contributed by atoms with Gasteiger partial charge in [-0.15, -0.1) is 0 Å². The Bertz CT molecular complexity index is 970. The summed E-state index contributed by atoms with van der Waals surface area (Å²) in [5.41, 5.74) is 1.94. The molecule has 28 heavy (non-hydrogen) atoms. The third kappa shape index (κ3) is 3.82. The fourth-order valence-corrected chi connectivity index (χ4v) is 3.61. The highest BCUT2D eigenvalue weighted by atomic mass is 35.5. The quantitative estimate of drug-likeness (QED) is 0.532. The van der Waals surface area contributed by atoms with E-state index in [1.165, 1.54) is 0 Å². The lowest BCUT2D eigenvalue weighted by molar-refractivity contribution is -0.117. The van der Waals surface area contributed by atoms with Gasteiger partial charge in [-0.25, -0.2) is 0 Å². The molecule has 1 saturated heterocycles. The number of halogens is 1. The van der Waals surface area contributed by atoms with Crippen LogP contribution in [0.15, 0.2) is 72.8 Å². The maximum Gasteiger partial charge on any atom is 0.227 e. The van der Waals surface area contributed by atoms with E-state index in [0.29, 0.717) is 22.9 Å². The molecule has 1 unspecified atom stereocenters. The van der Waals surface area contributed by atoms with Gasteiger partial charge in [0.2, 0.25) is 5.91 Å². The van der Waals surface area contributed by atoms with E-state index in [-0.39, 0.29) is 11.9 Å². The highest BCUT2D eigenvalue weighted by Crippen LogP contribution is 2.38. The number of amides is 1. The first-order valence-corrected chi connectivity index (χ1v) is 9.51. The summed E-state index contributed by atoms with van der Waals surface area (Å²) in [4.78, 5) is 14.4. The molecule has 5 heteroatoms. The van der Waals surface area contributed by atoms with Gasteiger partial charge in [-0.3, -0.25) is 4.79 Å². The van der Waals surface area contributed by atoms with Crippen LogP contribution in [0.5, 0.6) is 17.2 Å². The van der Waals surface area contributed by atoms with Crippen molar-refractivity contribution in [2.75, 3.05) is 12.0 Å². The summed E-state index contributed by atoms with van der Waals surface area (Å²) in [6.07, 6.45) is 1.32.